The summed E-state index contributed by atoms with van der Waals surface area (Å²) in [4.78, 5) is 0. The highest BCUT2D eigenvalue weighted by molar-refractivity contribution is 14.1. The van der Waals surface area contributed by atoms with E-state index in [0.29, 0.717) is 119 Å². The van der Waals surface area contributed by atoms with E-state index in [1.165, 1.54) is 23.7 Å². The van der Waals surface area contributed by atoms with Crippen molar-refractivity contribution in [2.24, 2.45) is 0 Å². The second kappa shape index (κ2) is 35.4. The Morgan fingerprint density at radius 2 is 0.605 bits per heavy atom. The zero-order chi connectivity index (χ0) is 27.6. The van der Waals surface area contributed by atoms with Crippen LogP contribution in [0.1, 0.15) is 39.5 Å². The van der Waals surface area contributed by atoms with Gasteiger partial charge in [-0.1, -0.05) is 35.4 Å². The van der Waals surface area contributed by atoms with Crippen molar-refractivity contribution in [3.8, 4) is 0 Å². The Kier molecular flexibility index (Phi) is 35.7. The van der Waals surface area contributed by atoms with Gasteiger partial charge in [-0.25, -0.2) is 0 Å². The van der Waals surface area contributed by atoms with Crippen molar-refractivity contribution in [1.82, 2.24) is 0 Å². The molecule has 0 aliphatic heterocycles. The highest BCUT2D eigenvalue weighted by Gasteiger charge is 1.97. The third-order valence-electron chi connectivity index (χ3n) is 4.83. The van der Waals surface area contributed by atoms with Gasteiger partial charge in [-0.15, -0.1) is 0 Å². The predicted octanol–water partition coefficient (Wildman–Crippen LogP) is 3.56. The van der Waals surface area contributed by atoms with Gasteiger partial charge in [0.2, 0.25) is 0 Å². The molecule has 0 spiro atoms. The fourth-order valence-corrected chi connectivity index (χ4v) is 3.40. The fraction of sp³-hybridized carbons (Fsp3) is 1.00. The van der Waals surface area contributed by atoms with Gasteiger partial charge in [-0.3, -0.25) is 0 Å². The number of hydrogen-bond donors (Lipinski definition) is 0. The third-order valence-corrected chi connectivity index (χ3v) is 5.59. The largest absolute Gasteiger partial charge is 0.379 e. The summed E-state index contributed by atoms with van der Waals surface area (Å²) in [5.74, 6) is 0. The zero-order valence-corrected chi connectivity index (χ0v) is 26.2. The maximum Gasteiger partial charge on any atom is 0.0703 e. The van der Waals surface area contributed by atoms with Crippen molar-refractivity contribution >= 4 is 22.6 Å². The number of alkyl halides is 1. The highest BCUT2D eigenvalue weighted by atomic mass is 127. The van der Waals surface area contributed by atoms with Crippen molar-refractivity contribution in [2.45, 2.75) is 45.6 Å². The van der Waals surface area contributed by atoms with Gasteiger partial charge in [-0.2, -0.15) is 0 Å². The van der Waals surface area contributed by atoms with Crippen LogP contribution < -0.4 is 0 Å². The standard InChI is InChI=1S/C27H55IO10/c1-27(2)38-26-25-37-24-23-36-22-21-35-20-19-34-18-17-33-16-15-32-14-13-31-12-11-30-10-9-29-8-6-4-3-5-7-28/h27H,3-26H2,1-2H3. The normalized spacial score (nSPS) is 11.7. The highest BCUT2D eigenvalue weighted by Crippen LogP contribution is 2.02. The quantitative estimate of drug-likeness (QED) is 0.0577. The van der Waals surface area contributed by atoms with Crippen LogP contribution in [0.15, 0.2) is 0 Å². The van der Waals surface area contributed by atoms with Gasteiger partial charge >= 0.3 is 0 Å². The van der Waals surface area contributed by atoms with Crippen LogP contribution in [0.4, 0.5) is 0 Å². The molecule has 0 rings (SSSR count). The number of unbranched alkanes of at least 4 members (excludes halogenated alkanes) is 3. The molecule has 0 bridgehead atoms. The van der Waals surface area contributed by atoms with Gasteiger partial charge in [0.15, 0.2) is 0 Å². The van der Waals surface area contributed by atoms with E-state index in [0.717, 1.165) is 13.0 Å². The molecule has 0 unspecified atom stereocenters. The van der Waals surface area contributed by atoms with E-state index in [-0.39, 0.29) is 6.10 Å². The molecule has 0 radical (unpaired) electrons. The van der Waals surface area contributed by atoms with Gasteiger partial charge in [-0.05, 0) is 31.1 Å². The first-order valence-corrected chi connectivity index (χ1v) is 15.7. The summed E-state index contributed by atoms with van der Waals surface area (Å²) < 4.78 is 55.9. The van der Waals surface area contributed by atoms with Crippen molar-refractivity contribution in [3.63, 3.8) is 0 Å². The fourth-order valence-electron chi connectivity index (χ4n) is 2.86. The average Bonchev–Trinajstić information content (AvgIpc) is 2.91. The molecule has 38 heavy (non-hydrogen) atoms. The maximum atomic E-state index is 5.55. The molecule has 0 saturated heterocycles. The van der Waals surface area contributed by atoms with Crippen LogP contribution in [0.2, 0.25) is 0 Å². The van der Waals surface area contributed by atoms with Crippen LogP contribution in [0.3, 0.4) is 0 Å². The summed E-state index contributed by atoms with van der Waals surface area (Å²) in [5, 5.41) is 0. The topological polar surface area (TPSA) is 92.3 Å². The Morgan fingerprint density at radius 3 is 0.895 bits per heavy atom. The van der Waals surface area contributed by atoms with Gasteiger partial charge in [0.25, 0.3) is 0 Å². The Balaban J connectivity index is 3.02. The van der Waals surface area contributed by atoms with Crippen molar-refractivity contribution in [1.29, 1.82) is 0 Å². The lowest BCUT2D eigenvalue weighted by Crippen LogP contribution is -2.15. The summed E-state index contributed by atoms with van der Waals surface area (Å²) in [6, 6.07) is 0. The van der Waals surface area contributed by atoms with Crippen molar-refractivity contribution in [2.75, 3.05) is 130 Å². The molecule has 10 nitrogen and oxygen atoms in total. The number of ether oxygens (including phenoxy) is 10. The monoisotopic (exact) mass is 666 g/mol. The molecule has 0 fully saturated rings. The van der Waals surface area contributed by atoms with Crippen molar-refractivity contribution in [3.05, 3.63) is 0 Å². The minimum atomic E-state index is 0.238. The molecule has 0 aromatic rings. The van der Waals surface area contributed by atoms with E-state index in [1.54, 1.807) is 0 Å². The summed E-state index contributed by atoms with van der Waals surface area (Å²) in [5.41, 5.74) is 0. The van der Waals surface area contributed by atoms with E-state index < -0.39 is 0 Å². The number of hydrogen-bond acceptors (Lipinski definition) is 10. The SMILES string of the molecule is CC(C)OCCOCCOCCOCCOCCOCCOCCOCCOCCOCCCCCCI. The third kappa shape index (κ3) is 36.3. The molecular formula is C27H55IO10. The van der Waals surface area contributed by atoms with E-state index in [9.17, 15) is 0 Å². The molecular weight excluding hydrogens is 611 g/mol. The molecule has 11 heteroatoms. The second-order valence-electron chi connectivity index (χ2n) is 8.53. The molecule has 0 aliphatic carbocycles. The summed E-state index contributed by atoms with van der Waals surface area (Å²) in [6.45, 7) is 14.9. The van der Waals surface area contributed by atoms with E-state index >= 15 is 0 Å². The number of rotatable bonds is 34. The Morgan fingerprint density at radius 1 is 0.342 bits per heavy atom. The molecule has 0 aliphatic rings. The molecule has 0 aromatic heterocycles. The van der Waals surface area contributed by atoms with E-state index in [2.05, 4.69) is 22.6 Å². The van der Waals surface area contributed by atoms with E-state index in [1.807, 2.05) is 13.8 Å². The van der Waals surface area contributed by atoms with E-state index in [4.69, 9.17) is 47.4 Å². The second-order valence-corrected chi connectivity index (χ2v) is 9.61. The molecule has 0 N–H and O–H groups in total. The first-order valence-electron chi connectivity index (χ1n) is 14.1. The smallest absolute Gasteiger partial charge is 0.0703 e. The van der Waals surface area contributed by atoms with Crippen molar-refractivity contribution < 1.29 is 47.4 Å². The van der Waals surface area contributed by atoms with Crippen LogP contribution in [-0.4, -0.2) is 136 Å². The molecule has 0 saturated carbocycles. The lowest BCUT2D eigenvalue weighted by Gasteiger charge is -2.09. The first-order chi connectivity index (χ1) is 18.8. The molecule has 0 amide bonds. The molecule has 230 valence electrons. The predicted molar refractivity (Wildman–Crippen MR) is 156 cm³/mol. The van der Waals surface area contributed by atoms with Gasteiger partial charge < -0.3 is 47.4 Å². The minimum absolute atomic E-state index is 0.238. The van der Waals surface area contributed by atoms with Crippen LogP contribution in [-0.2, 0) is 47.4 Å². The van der Waals surface area contributed by atoms with Crippen LogP contribution in [0, 0.1) is 0 Å². The number of halogens is 1. The Bertz CT molecular complexity index is 421. The summed E-state index contributed by atoms with van der Waals surface area (Å²) in [6.07, 6.45) is 5.23. The Hall–Kier alpha value is 0.330. The molecule has 0 heterocycles. The zero-order valence-electron chi connectivity index (χ0n) is 24.0. The maximum absolute atomic E-state index is 5.55. The lowest BCUT2D eigenvalue weighted by atomic mass is 10.2. The van der Waals surface area contributed by atoms with Gasteiger partial charge in [0.1, 0.15) is 0 Å². The molecule has 0 aromatic carbocycles. The summed E-state index contributed by atoms with van der Waals surface area (Å²) >= 11 is 2.42. The average molecular weight is 667 g/mol. The van der Waals surface area contributed by atoms with Crippen LogP contribution >= 0.6 is 22.6 Å². The summed E-state index contributed by atoms with van der Waals surface area (Å²) in [7, 11) is 0. The minimum Gasteiger partial charge on any atom is -0.379 e. The van der Waals surface area contributed by atoms with Crippen LogP contribution in [0.25, 0.3) is 0 Å². The van der Waals surface area contributed by atoms with Gasteiger partial charge in [0, 0.05) is 6.61 Å². The van der Waals surface area contributed by atoms with Gasteiger partial charge in [0.05, 0.1) is 125 Å². The lowest BCUT2D eigenvalue weighted by molar-refractivity contribution is -0.0279. The molecule has 0 atom stereocenters. The first kappa shape index (κ1) is 38.3. The Labute approximate surface area is 245 Å². The van der Waals surface area contributed by atoms with Crippen LogP contribution in [0.5, 0.6) is 0 Å².